The smallest absolute Gasteiger partial charge is 0.343 e. The van der Waals surface area contributed by atoms with E-state index in [1.807, 2.05) is 0 Å². The van der Waals surface area contributed by atoms with Crippen LogP contribution in [0.3, 0.4) is 0 Å². The maximum Gasteiger partial charge on any atom is 0.343 e. The third kappa shape index (κ3) is 5.06. The molecule has 0 spiro atoms. The molecule has 0 unspecified atom stereocenters. The van der Waals surface area contributed by atoms with Gasteiger partial charge >= 0.3 is 5.97 Å². The van der Waals surface area contributed by atoms with Crippen molar-refractivity contribution in [2.45, 2.75) is 25.2 Å². The molecule has 172 valence electrons. The molecule has 3 rings (SSSR count). The van der Waals surface area contributed by atoms with Crippen molar-refractivity contribution in [1.29, 1.82) is 0 Å². The lowest BCUT2D eigenvalue weighted by Crippen LogP contribution is -2.27. The SMILES string of the molecule is CCC(=O)c1ccc(OC(=O)c2cc(S(=O)(=O)N(C)c3ccccc3OC)ccc2C)cc1. The van der Waals surface area contributed by atoms with Gasteiger partial charge in [-0.15, -0.1) is 0 Å². The minimum Gasteiger partial charge on any atom is -0.495 e. The Morgan fingerprint density at radius 2 is 1.64 bits per heavy atom. The highest BCUT2D eigenvalue weighted by Gasteiger charge is 2.25. The number of para-hydroxylation sites is 2. The van der Waals surface area contributed by atoms with Crippen LogP contribution in [0.4, 0.5) is 5.69 Å². The van der Waals surface area contributed by atoms with Crippen molar-refractivity contribution in [3.05, 3.63) is 83.4 Å². The molecule has 33 heavy (non-hydrogen) atoms. The number of ether oxygens (including phenoxy) is 2. The highest BCUT2D eigenvalue weighted by molar-refractivity contribution is 7.92. The second-order valence-corrected chi connectivity index (χ2v) is 9.28. The fourth-order valence-corrected chi connectivity index (χ4v) is 4.47. The van der Waals surface area contributed by atoms with Crippen molar-refractivity contribution in [2.75, 3.05) is 18.5 Å². The van der Waals surface area contributed by atoms with Crippen LogP contribution in [-0.2, 0) is 10.0 Å². The van der Waals surface area contributed by atoms with E-state index < -0.39 is 16.0 Å². The summed E-state index contributed by atoms with van der Waals surface area (Å²) < 4.78 is 38.3. The molecule has 3 aromatic rings. The van der Waals surface area contributed by atoms with Crippen LogP contribution in [0.5, 0.6) is 11.5 Å². The Kier molecular flexibility index (Phi) is 7.18. The molecular weight excluding hydrogens is 442 g/mol. The lowest BCUT2D eigenvalue weighted by molar-refractivity contribution is 0.0733. The van der Waals surface area contributed by atoms with Gasteiger partial charge in [0.15, 0.2) is 5.78 Å². The van der Waals surface area contributed by atoms with Gasteiger partial charge in [0.1, 0.15) is 11.5 Å². The van der Waals surface area contributed by atoms with Gasteiger partial charge in [0, 0.05) is 19.0 Å². The number of carbonyl (C=O) groups excluding carboxylic acids is 2. The molecule has 0 saturated carbocycles. The number of methoxy groups -OCH3 is 1. The van der Waals surface area contributed by atoms with E-state index in [-0.39, 0.29) is 22.0 Å². The number of hydrogen-bond acceptors (Lipinski definition) is 6. The van der Waals surface area contributed by atoms with Crippen molar-refractivity contribution < 1.29 is 27.5 Å². The summed E-state index contributed by atoms with van der Waals surface area (Å²) in [5, 5.41) is 0. The van der Waals surface area contributed by atoms with E-state index in [9.17, 15) is 18.0 Å². The van der Waals surface area contributed by atoms with Crippen LogP contribution in [0.1, 0.15) is 39.6 Å². The highest BCUT2D eigenvalue weighted by atomic mass is 32.2. The molecule has 0 saturated heterocycles. The molecule has 0 N–H and O–H groups in total. The Bertz CT molecular complexity index is 1280. The Morgan fingerprint density at radius 3 is 2.27 bits per heavy atom. The van der Waals surface area contributed by atoms with E-state index >= 15 is 0 Å². The van der Waals surface area contributed by atoms with Gasteiger partial charge in [0.2, 0.25) is 0 Å². The largest absolute Gasteiger partial charge is 0.495 e. The average Bonchev–Trinajstić information content (AvgIpc) is 2.83. The summed E-state index contributed by atoms with van der Waals surface area (Å²) >= 11 is 0. The van der Waals surface area contributed by atoms with Gasteiger partial charge in [-0.25, -0.2) is 13.2 Å². The Morgan fingerprint density at radius 1 is 0.970 bits per heavy atom. The maximum absolute atomic E-state index is 13.3. The predicted molar refractivity (Wildman–Crippen MR) is 126 cm³/mol. The topological polar surface area (TPSA) is 90.0 Å². The van der Waals surface area contributed by atoms with E-state index in [4.69, 9.17) is 9.47 Å². The van der Waals surface area contributed by atoms with Crippen molar-refractivity contribution in [3.63, 3.8) is 0 Å². The first-order chi connectivity index (χ1) is 15.7. The third-order valence-electron chi connectivity index (χ3n) is 5.22. The fraction of sp³-hybridized carbons (Fsp3) is 0.200. The molecule has 0 radical (unpaired) electrons. The molecule has 0 heterocycles. The number of esters is 1. The molecule has 7 nitrogen and oxygen atoms in total. The first kappa shape index (κ1) is 24.0. The second kappa shape index (κ2) is 9.87. The molecule has 0 bridgehead atoms. The van der Waals surface area contributed by atoms with E-state index in [0.717, 1.165) is 4.31 Å². The van der Waals surface area contributed by atoms with E-state index in [0.29, 0.717) is 29.0 Å². The van der Waals surface area contributed by atoms with Crippen molar-refractivity contribution in [1.82, 2.24) is 0 Å². The van der Waals surface area contributed by atoms with Gasteiger partial charge in [0.05, 0.1) is 23.3 Å². The molecule has 0 aliphatic heterocycles. The van der Waals surface area contributed by atoms with Crippen molar-refractivity contribution in [3.8, 4) is 11.5 Å². The number of sulfonamides is 1. The van der Waals surface area contributed by atoms with Crippen LogP contribution in [-0.4, -0.2) is 34.3 Å². The maximum atomic E-state index is 13.3. The zero-order valence-corrected chi connectivity index (χ0v) is 19.7. The number of nitrogens with zero attached hydrogens (tertiary/aromatic N) is 1. The Hall–Kier alpha value is -3.65. The number of aryl methyl sites for hydroxylation is 1. The van der Waals surface area contributed by atoms with E-state index in [1.54, 1.807) is 56.3 Å². The summed E-state index contributed by atoms with van der Waals surface area (Å²) in [4.78, 5) is 24.5. The number of rotatable bonds is 8. The van der Waals surface area contributed by atoms with Gasteiger partial charge in [0.25, 0.3) is 10.0 Å². The monoisotopic (exact) mass is 467 g/mol. The normalized spacial score (nSPS) is 11.0. The Labute approximate surface area is 193 Å². The molecular formula is C25H25NO6S. The molecule has 0 aliphatic rings. The second-order valence-electron chi connectivity index (χ2n) is 7.31. The molecule has 3 aromatic carbocycles. The van der Waals surface area contributed by atoms with Gasteiger partial charge < -0.3 is 9.47 Å². The van der Waals surface area contributed by atoms with Gasteiger partial charge in [-0.05, 0) is 61.0 Å². The third-order valence-corrected chi connectivity index (χ3v) is 6.99. The summed E-state index contributed by atoms with van der Waals surface area (Å²) in [6.07, 6.45) is 0.378. The summed E-state index contributed by atoms with van der Waals surface area (Å²) in [6, 6.07) is 17.3. The Balaban J connectivity index is 1.89. The minimum absolute atomic E-state index is 0.0132. The molecule has 0 aliphatic carbocycles. The summed E-state index contributed by atoms with van der Waals surface area (Å²) in [5.41, 5.74) is 1.59. The molecule has 0 aromatic heterocycles. The van der Waals surface area contributed by atoms with Crippen LogP contribution in [0.15, 0.2) is 71.6 Å². The highest BCUT2D eigenvalue weighted by Crippen LogP contribution is 2.31. The zero-order chi connectivity index (χ0) is 24.2. The van der Waals surface area contributed by atoms with E-state index in [1.165, 1.54) is 38.4 Å². The number of carbonyl (C=O) groups is 2. The van der Waals surface area contributed by atoms with Crippen LogP contribution < -0.4 is 13.8 Å². The molecule has 0 fully saturated rings. The average molecular weight is 468 g/mol. The summed E-state index contributed by atoms with van der Waals surface area (Å²) in [7, 11) is -1.10. The quantitative estimate of drug-likeness (QED) is 0.272. The first-order valence-corrected chi connectivity index (χ1v) is 11.7. The van der Waals surface area contributed by atoms with Crippen LogP contribution in [0.2, 0.25) is 0 Å². The lowest BCUT2D eigenvalue weighted by atomic mass is 10.1. The first-order valence-electron chi connectivity index (χ1n) is 10.3. The van der Waals surface area contributed by atoms with Crippen molar-refractivity contribution >= 4 is 27.5 Å². The van der Waals surface area contributed by atoms with E-state index in [2.05, 4.69) is 0 Å². The number of hydrogen-bond donors (Lipinski definition) is 0. The zero-order valence-electron chi connectivity index (χ0n) is 18.9. The lowest BCUT2D eigenvalue weighted by Gasteiger charge is -2.22. The fourth-order valence-electron chi connectivity index (χ4n) is 3.23. The molecule has 8 heteroatoms. The van der Waals surface area contributed by atoms with Crippen LogP contribution in [0, 0.1) is 6.92 Å². The molecule has 0 amide bonds. The van der Waals surface area contributed by atoms with Crippen LogP contribution >= 0.6 is 0 Å². The number of Topliss-reactive ketones (excluding diaryl/α,β-unsaturated/α-hetero) is 1. The summed E-state index contributed by atoms with van der Waals surface area (Å²) in [6.45, 7) is 3.46. The van der Waals surface area contributed by atoms with Gasteiger partial charge in [-0.3, -0.25) is 9.10 Å². The van der Waals surface area contributed by atoms with Gasteiger partial charge in [-0.2, -0.15) is 0 Å². The number of anilines is 1. The van der Waals surface area contributed by atoms with Gasteiger partial charge in [-0.1, -0.05) is 25.1 Å². The predicted octanol–water partition coefficient (Wildman–Crippen LogP) is 4.64. The molecule has 0 atom stereocenters. The minimum atomic E-state index is -3.98. The number of ketones is 1. The summed E-state index contributed by atoms with van der Waals surface area (Å²) in [5.74, 6) is -0.0494. The van der Waals surface area contributed by atoms with Crippen molar-refractivity contribution in [2.24, 2.45) is 0 Å². The number of benzene rings is 3. The standard InChI is InChI=1S/C25H25NO6S/c1-5-23(27)18-11-13-19(14-12-18)32-25(28)21-16-20(15-10-17(21)2)33(29,30)26(3)22-8-6-7-9-24(22)31-4/h6-16H,5H2,1-4H3. The van der Waals surface area contributed by atoms with Crippen LogP contribution in [0.25, 0.3) is 0 Å².